The Labute approximate surface area is 179 Å². The number of rotatable bonds is 7. The molecule has 148 valence electrons. The summed E-state index contributed by atoms with van der Waals surface area (Å²) in [6.45, 7) is 1.64. The van der Waals surface area contributed by atoms with Gasteiger partial charge in [0.05, 0.1) is 12.3 Å². The molecule has 27 heavy (non-hydrogen) atoms. The third kappa shape index (κ3) is 5.25. The van der Waals surface area contributed by atoms with Gasteiger partial charge in [-0.2, -0.15) is 0 Å². The molecule has 1 aliphatic rings. The van der Waals surface area contributed by atoms with E-state index in [1.54, 1.807) is 6.26 Å². The Bertz CT molecular complexity index is 696. The van der Waals surface area contributed by atoms with Gasteiger partial charge in [0.25, 0.3) is 0 Å². The van der Waals surface area contributed by atoms with Crippen molar-refractivity contribution < 1.29 is 4.42 Å². The van der Waals surface area contributed by atoms with E-state index in [-0.39, 0.29) is 35.4 Å². The zero-order valence-electron chi connectivity index (χ0n) is 16.4. The lowest BCUT2D eigenvalue weighted by atomic mass is 9.64. The molecule has 0 spiro atoms. The Morgan fingerprint density at radius 3 is 2.41 bits per heavy atom. The van der Waals surface area contributed by atoms with Gasteiger partial charge in [-0.05, 0) is 44.6 Å². The van der Waals surface area contributed by atoms with E-state index in [9.17, 15) is 0 Å². The van der Waals surface area contributed by atoms with Crippen LogP contribution in [0.15, 0.2) is 58.1 Å². The molecule has 0 bridgehead atoms. The number of halogens is 1. The predicted molar refractivity (Wildman–Crippen MR) is 122 cm³/mol. The summed E-state index contributed by atoms with van der Waals surface area (Å²) in [5, 5.41) is 6.99. The van der Waals surface area contributed by atoms with E-state index in [1.807, 2.05) is 19.2 Å². The molecule has 1 saturated carbocycles. The number of hydrogen-bond donors (Lipinski definition) is 2. The van der Waals surface area contributed by atoms with E-state index in [0.29, 0.717) is 0 Å². The van der Waals surface area contributed by atoms with Gasteiger partial charge in [-0.15, -0.1) is 24.0 Å². The third-order valence-electron chi connectivity index (χ3n) is 5.47. The molecule has 1 aliphatic carbocycles. The van der Waals surface area contributed by atoms with Crippen molar-refractivity contribution in [1.82, 2.24) is 15.5 Å². The molecule has 0 saturated heterocycles. The molecule has 1 atom stereocenters. The summed E-state index contributed by atoms with van der Waals surface area (Å²) in [6.07, 6.45) is 5.48. The van der Waals surface area contributed by atoms with E-state index < -0.39 is 0 Å². The fourth-order valence-electron chi connectivity index (χ4n) is 3.65. The minimum atomic E-state index is 0. The Morgan fingerprint density at radius 1 is 1.15 bits per heavy atom. The molecule has 0 amide bonds. The number of guanidine groups is 1. The molecular weight excluding hydrogens is 451 g/mol. The van der Waals surface area contributed by atoms with E-state index in [2.05, 4.69) is 65.0 Å². The fraction of sp³-hybridized carbons (Fsp3) is 0.476. The van der Waals surface area contributed by atoms with Crippen LogP contribution >= 0.6 is 24.0 Å². The molecule has 1 unspecified atom stereocenters. The van der Waals surface area contributed by atoms with Crippen LogP contribution in [0.25, 0.3) is 0 Å². The Hall–Kier alpha value is -1.54. The minimum absolute atomic E-state index is 0. The quantitative estimate of drug-likeness (QED) is 0.358. The zero-order chi connectivity index (χ0) is 18.4. The molecule has 1 aromatic heterocycles. The molecule has 2 N–H and O–H groups in total. The van der Waals surface area contributed by atoms with Crippen molar-refractivity contribution >= 4 is 29.9 Å². The van der Waals surface area contributed by atoms with Gasteiger partial charge in [0, 0.05) is 25.6 Å². The topological polar surface area (TPSA) is 52.8 Å². The lowest BCUT2D eigenvalue weighted by molar-refractivity contribution is 0.242. The molecule has 1 fully saturated rings. The number of aliphatic imine (C=N–C) groups is 1. The molecule has 0 radical (unpaired) electrons. The highest BCUT2D eigenvalue weighted by molar-refractivity contribution is 14.0. The van der Waals surface area contributed by atoms with Crippen LogP contribution in [0, 0.1) is 0 Å². The maximum Gasteiger partial charge on any atom is 0.191 e. The van der Waals surface area contributed by atoms with Crippen LogP contribution in [0.5, 0.6) is 0 Å². The molecule has 6 heteroatoms. The average Bonchev–Trinajstić information content (AvgIpc) is 3.14. The van der Waals surface area contributed by atoms with E-state index in [0.717, 1.165) is 24.8 Å². The monoisotopic (exact) mass is 482 g/mol. The van der Waals surface area contributed by atoms with E-state index in [4.69, 9.17) is 4.42 Å². The second-order valence-corrected chi connectivity index (χ2v) is 7.30. The second-order valence-electron chi connectivity index (χ2n) is 7.30. The van der Waals surface area contributed by atoms with Gasteiger partial charge in [-0.25, -0.2) is 0 Å². The zero-order valence-corrected chi connectivity index (χ0v) is 18.8. The van der Waals surface area contributed by atoms with Crippen LogP contribution in [-0.4, -0.2) is 45.1 Å². The maximum atomic E-state index is 5.58. The van der Waals surface area contributed by atoms with Crippen molar-refractivity contribution in [2.75, 3.05) is 34.2 Å². The molecular formula is C21H31IN4O. The van der Waals surface area contributed by atoms with Crippen molar-refractivity contribution in [2.24, 2.45) is 4.99 Å². The first-order valence-electron chi connectivity index (χ1n) is 9.34. The van der Waals surface area contributed by atoms with Gasteiger partial charge in [0.1, 0.15) is 5.76 Å². The van der Waals surface area contributed by atoms with Crippen LogP contribution < -0.4 is 10.6 Å². The average molecular weight is 482 g/mol. The number of hydrogen-bond acceptors (Lipinski definition) is 3. The first-order valence-corrected chi connectivity index (χ1v) is 9.34. The predicted octanol–water partition coefficient (Wildman–Crippen LogP) is 3.79. The van der Waals surface area contributed by atoms with Crippen LogP contribution in [0.4, 0.5) is 0 Å². The van der Waals surface area contributed by atoms with E-state index in [1.165, 1.54) is 24.8 Å². The smallest absolute Gasteiger partial charge is 0.191 e. The van der Waals surface area contributed by atoms with Crippen LogP contribution in [0.1, 0.15) is 36.6 Å². The van der Waals surface area contributed by atoms with Crippen molar-refractivity contribution in [2.45, 2.75) is 30.7 Å². The van der Waals surface area contributed by atoms with Crippen molar-refractivity contribution in [3.05, 3.63) is 60.1 Å². The lowest BCUT2D eigenvalue weighted by Crippen LogP contribution is -2.49. The highest BCUT2D eigenvalue weighted by Crippen LogP contribution is 2.43. The molecule has 5 nitrogen and oxygen atoms in total. The Morgan fingerprint density at radius 2 is 1.89 bits per heavy atom. The van der Waals surface area contributed by atoms with Crippen LogP contribution in [0.2, 0.25) is 0 Å². The summed E-state index contributed by atoms with van der Waals surface area (Å²) < 4.78 is 5.58. The van der Waals surface area contributed by atoms with Gasteiger partial charge >= 0.3 is 0 Å². The van der Waals surface area contributed by atoms with Gasteiger partial charge < -0.3 is 15.1 Å². The summed E-state index contributed by atoms with van der Waals surface area (Å²) in [4.78, 5) is 6.55. The normalized spacial score (nSPS) is 17.0. The minimum Gasteiger partial charge on any atom is -0.468 e. The van der Waals surface area contributed by atoms with Gasteiger partial charge in [-0.3, -0.25) is 9.89 Å². The lowest BCUT2D eigenvalue weighted by Gasteiger charge is -2.43. The van der Waals surface area contributed by atoms with Crippen molar-refractivity contribution in [1.29, 1.82) is 0 Å². The third-order valence-corrected chi connectivity index (χ3v) is 5.47. The summed E-state index contributed by atoms with van der Waals surface area (Å²) >= 11 is 0. The Balaban J connectivity index is 0.00000261. The fourth-order valence-corrected chi connectivity index (χ4v) is 3.65. The molecule has 3 rings (SSSR count). The first-order chi connectivity index (χ1) is 12.6. The van der Waals surface area contributed by atoms with Gasteiger partial charge in [-0.1, -0.05) is 36.8 Å². The highest BCUT2D eigenvalue weighted by Gasteiger charge is 2.38. The molecule has 2 aromatic rings. The molecule has 1 heterocycles. The summed E-state index contributed by atoms with van der Waals surface area (Å²) in [6, 6.07) is 14.9. The Kier molecular flexibility index (Phi) is 8.16. The maximum absolute atomic E-state index is 5.58. The number of benzene rings is 1. The SMILES string of the molecule is CN=C(NCC(c1ccco1)N(C)C)NCC1(c2ccccc2)CCC1.I. The standard InChI is InChI=1S/C21H30N4O.HI/c1-22-20(23-15-18(25(2)3)19-11-7-14-26-19)24-16-21(12-8-13-21)17-9-5-4-6-10-17;/h4-7,9-11,14,18H,8,12-13,15-16H2,1-3H3,(H2,22,23,24);1H. The number of furan rings is 1. The molecule has 1 aromatic carbocycles. The summed E-state index contributed by atoms with van der Waals surface area (Å²) in [7, 11) is 5.94. The number of nitrogens with zero attached hydrogens (tertiary/aromatic N) is 2. The van der Waals surface area contributed by atoms with Crippen LogP contribution in [0.3, 0.4) is 0 Å². The van der Waals surface area contributed by atoms with Crippen LogP contribution in [-0.2, 0) is 5.41 Å². The molecule has 0 aliphatic heterocycles. The van der Waals surface area contributed by atoms with Gasteiger partial charge in [0.15, 0.2) is 5.96 Å². The summed E-state index contributed by atoms with van der Waals surface area (Å²) in [5.74, 6) is 1.79. The largest absolute Gasteiger partial charge is 0.468 e. The second kappa shape index (κ2) is 10.1. The first kappa shape index (κ1) is 21.8. The van der Waals surface area contributed by atoms with E-state index >= 15 is 0 Å². The van der Waals surface area contributed by atoms with Gasteiger partial charge in [0.2, 0.25) is 0 Å². The van der Waals surface area contributed by atoms with Crippen molar-refractivity contribution in [3.63, 3.8) is 0 Å². The van der Waals surface area contributed by atoms with Crippen molar-refractivity contribution in [3.8, 4) is 0 Å². The number of likely N-dealkylation sites (N-methyl/N-ethyl adjacent to an activating group) is 1. The number of nitrogens with one attached hydrogen (secondary N) is 2. The summed E-state index contributed by atoms with van der Waals surface area (Å²) in [5.41, 5.74) is 1.66. The highest BCUT2D eigenvalue weighted by atomic mass is 127.